The molecular formula is C13H20N4O2. The molecule has 6 heteroatoms. The molecular weight excluding hydrogens is 244 g/mol. The third-order valence-electron chi connectivity index (χ3n) is 3.59. The Balaban J connectivity index is 1.82. The van der Waals surface area contributed by atoms with Gasteiger partial charge in [0.2, 0.25) is 11.8 Å². The van der Waals surface area contributed by atoms with Gasteiger partial charge in [-0.2, -0.15) is 5.10 Å². The Hall–Kier alpha value is -1.85. The molecule has 1 fully saturated rings. The van der Waals surface area contributed by atoms with E-state index in [2.05, 4.69) is 10.4 Å². The summed E-state index contributed by atoms with van der Waals surface area (Å²) in [5.41, 5.74) is 0. The number of carbonyl (C=O) groups excluding carboxylic acids is 2. The molecule has 0 radical (unpaired) electrons. The number of piperidine rings is 1. The van der Waals surface area contributed by atoms with Crippen LogP contribution in [0.15, 0.2) is 18.5 Å². The predicted octanol–water partition coefficient (Wildman–Crippen LogP) is 0.571. The molecule has 0 saturated carbocycles. The molecule has 2 heterocycles. The second-order valence-corrected chi connectivity index (χ2v) is 4.95. The quantitative estimate of drug-likeness (QED) is 0.868. The van der Waals surface area contributed by atoms with Crippen molar-refractivity contribution in [1.82, 2.24) is 20.0 Å². The molecule has 1 atom stereocenters. The van der Waals surface area contributed by atoms with Crippen LogP contribution in [0.5, 0.6) is 0 Å². The zero-order valence-corrected chi connectivity index (χ0v) is 11.4. The van der Waals surface area contributed by atoms with E-state index in [4.69, 9.17) is 0 Å². The van der Waals surface area contributed by atoms with Gasteiger partial charge in [-0.3, -0.25) is 14.3 Å². The Morgan fingerprint density at radius 1 is 1.37 bits per heavy atom. The first-order chi connectivity index (χ1) is 9.08. The maximum atomic E-state index is 12.1. The lowest BCUT2D eigenvalue weighted by Gasteiger charge is -2.32. The average molecular weight is 264 g/mol. The zero-order valence-electron chi connectivity index (χ0n) is 11.4. The summed E-state index contributed by atoms with van der Waals surface area (Å²) in [6.45, 7) is 4.85. The molecule has 1 saturated heterocycles. The third kappa shape index (κ3) is 3.33. The number of carbonyl (C=O) groups is 2. The first kappa shape index (κ1) is 13.6. The molecule has 1 aromatic heterocycles. The molecule has 2 rings (SSSR count). The van der Waals surface area contributed by atoms with Crippen LogP contribution in [0.25, 0.3) is 0 Å². The fraction of sp³-hybridized carbons (Fsp3) is 0.615. The highest BCUT2D eigenvalue weighted by Gasteiger charge is 2.24. The van der Waals surface area contributed by atoms with Gasteiger partial charge in [0.1, 0.15) is 6.04 Å². The van der Waals surface area contributed by atoms with E-state index in [-0.39, 0.29) is 23.9 Å². The van der Waals surface area contributed by atoms with Crippen molar-refractivity contribution in [3.05, 3.63) is 18.5 Å². The Labute approximate surface area is 112 Å². The highest BCUT2D eigenvalue weighted by atomic mass is 16.2. The lowest BCUT2D eigenvalue weighted by atomic mass is 10.0. The summed E-state index contributed by atoms with van der Waals surface area (Å²) in [4.78, 5) is 25.1. The van der Waals surface area contributed by atoms with E-state index in [0.29, 0.717) is 0 Å². The van der Waals surface area contributed by atoms with Crippen molar-refractivity contribution >= 4 is 11.8 Å². The minimum Gasteiger partial charge on any atom is -0.351 e. The Bertz CT molecular complexity index is 436. The van der Waals surface area contributed by atoms with Crippen molar-refractivity contribution in [2.75, 3.05) is 13.1 Å². The molecule has 0 aliphatic carbocycles. The van der Waals surface area contributed by atoms with Crippen LogP contribution in [0.2, 0.25) is 0 Å². The van der Waals surface area contributed by atoms with Gasteiger partial charge in [-0.05, 0) is 25.8 Å². The summed E-state index contributed by atoms with van der Waals surface area (Å²) in [6, 6.07) is 1.65. The smallest absolute Gasteiger partial charge is 0.244 e. The third-order valence-corrected chi connectivity index (χ3v) is 3.59. The van der Waals surface area contributed by atoms with Gasteiger partial charge in [-0.1, -0.05) is 0 Å². The molecule has 19 heavy (non-hydrogen) atoms. The van der Waals surface area contributed by atoms with Gasteiger partial charge < -0.3 is 10.2 Å². The fourth-order valence-corrected chi connectivity index (χ4v) is 2.29. The second-order valence-electron chi connectivity index (χ2n) is 4.95. The molecule has 2 amide bonds. The summed E-state index contributed by atoms with van der Waals surface area (Å²) in [6.07, 6.45) is 5.08. The molecule has 0 spiro atoms. The van der Waals surface area contributed by atoms with E-state index in [1.54, 1.807) is 30.1 Å². The van der Waals surface area contributed by atoms with E-state index in [1.807, 2.05) is 11.8 Å². The lowest BCUT2D eigenvalue weighted by molar-refractivity contribution is -0.130. The van der Waals surface area contributed by atoms with Crippen LogP contribution < -0.4 is 5.32 Å². The topological polar surface area (TPSA) is 67.2 Å². The molecule has 1 unspecified atom stereocenters. The second kappa shape index (κ2) is 5.86. The van der Waals surface area contributed by atoms with Crippen molar-refractivity contribution in [2.45, 2.75) is 38.8 Å². The first-order valence-corrected chi connectivity index (χ1v) is 6.63. The lowest BCUT2D eigenvalue weighted by Crippen LogP contribution is -2.47. The highest BCUT2D eigenvalue weighted by Crippen LogP contribution is 2.12. The Morgan fingerprint density at radius 3 is 2.58 bits per heavy atom. The van der Waals surface area contributed by atoms with Gasteiger partial charge in [0.05, 0.1) is 0 Å². The van der Waals surface area contributed by atoms with Crippen molar-refractivity contribution < 1.29 is 9.59 Å². The number of aromatic nitrogens is 2. The van der Waals surface area contributed by atoms with Gasteiger partial charge in [-0.15, -0.1) is 0 Å². The van der Waals surface area contributed by atoms with Gasteiger partial charge in [0, 0.05) is 38.4 Å². The van der Waals surface area contributed by atoms with E-state index in [1.165, 1.54) is 0 Å². The van der Waals surface area contributed by atoms with Crippen molar-refractivity contribution in [1.29, 1.82) is 0 Å². The Morgan fingerprint density at radius 2 is 2.05 bits per heavy atom. The molecule has 0 aromatic carbocycles. The Kier molecular flexibility index (Phi) is 4.19. The van der Waals surface area contributed by atoms with Crippen LogP contribution in [0, 0.1) is 0 Å². The summed E-state index contributed by atoms with van der Waals surface area (Å²) in [5, 5.41) is 7.10. The standard InChI is InChI=1S/C13H20N4O2/c1-10(17-7-3-6-14-17)13(19)15-12-4-8-16(9-5-12)11(2)18/h3,6-7,10,12H,4-5,8-9H2,1-2H3,(H,15,19). The molecule has 104 valence electrons. The zero-order chi connectivity index (χ0) is 13.8. The van der Waals surface area contributed by atoms with E-state index in [0.717, 1.165) is 25.9 Å². The van der Waals surface area contributed by atoms with Crippen LogP contribution in [-0.4, -0.2) is 45.6 Å². The maximum absolute atomic E-state index is 12.1. The number of hydrogen-bond acceptors (Lipinski definition) is 3. The van der Waals surface area contributed by atoms with Crippen molar-refractivity contribution in [3.63, 3.8) is 0 Å². The highest BCUT2D eigenvalue weighted by molar-refractivity contribution is 5.80. The van der Waals surface area contributed by atoms with Gasteiger partial charge in [-0.25, -0.2) is 0 Å². The van der Waals surface area contributed by atoms with E-state index < -0.39 is 0 Å². The summed E-state index contributed by atoms with van der Waals surface area (Å²) in [5.74, 6) is 0.0830. The number of nitrogens with zero attached hydrogens (tertiary/aromatic N) is 3. The molecule has 1 aromatic rings. The van der Waals surface area contributed by atoms with Crippen molar-refractivity contribution in [2.24, 2.45) is 0 Å². The summed E-state index contributed by atoms with van der Waals surface area (Å²) < 4.78 is 1.64. The predicted molar refractivity (Wildman–Crippen MR) is 70.4 cm³/mol. The molecule has 0 bridgehead atoms. The molecule has 1 N–H and O–H groups in total. The largest absolute Gasteiger partial charge is 0.351 e. The number of hydrogen-bond donors (Lipinski definition) is 1. The molecule has 1 aliphatic heterocycles. The van der Waals surface area contributed by atoms with Crippen molar-refractivity contribution in [3.8, 4) is 0 Å². The number of rotatable bonds is 3. The minimum absolute atomic E-state index is 0.0232. The summed E-state index contributed by atoms with van der Waals surface area (Å²) in [7, 11) is 0. The van der Waals surface area contributed by atoms with Crippen LogP contribution in [-0.2, 0) is 9.59 Å². The van der Waals surface area contributed by atoms with Crippen LogP contribution in [0.3, 0.4) is 0 Å². The van der Waals surface area contributed by atoms with Gasteiger partial charge >= 0.3 is 0 Å². The number of amides is 2. The average Bonchev–Trinajstić information content (AvgIpc) is 2.92. The maximum Gasteiger partial charge on any atom is 0.244 e. The molecule has 6 nitrogen and oxygen atoms in total. The van der Waals surface area contributed by atoms with Gasteiger partial charge in [0.15, 0.2) is 0 Å². The van der Waals surface area contributed by atoms with Gasteiger partial charge in [0.25, 0.3) is 0 Å². The van der Waals surface area contributed by atoms with E-state index in [9.17, 15) is 9.59 Å². The SMILES string of the molecule is CC(=O)N1CCC(NC(=O)C(C)n2cccn2)CC1. The number of nitrogens with one attached hydrogen (secondary N) is 1. The monoisotopic (exact) mass is 264 g/mol. The number of likely N-dealkylation sites (tertiary alicyclic amines) is 1. The normalized spacial score (nSPS) is 18.1. The van der Waals surface area contributed by atoms with Crippen LogP contribution >= 0.6 is 0 Å². The minimum atomic E-state index is -0.305. The first-order valence-electron chi connectivity index (χ1n) is 6.63. The van der Waals surface area contributed by atoms with Crippen LogP contribution in [0.4, 0.5) is 0 Å². The fourth-order valence-electron chi connectivity index (χ4n) is 2.29. The summed E-state index contributed by atoms with van der Waals surface area (Å²) >= 11 is 0. The molecule has 1 aliphatic rings. The van der Waals surface area contributed by atoms with E-state index >= 15 is 0 Å². The van der Waals surface area contributed by atoms with Crippen LogP contribution in [0.1, 0.15) is 32.7 Å².